The zero-order chi connectivity index (χ0) is 17.8. The van der Waals surface area contributed by atoms with Crippen molar-refractivity contribution >= 4 is 5.91 Å². The van der Waals surface area contributed by atoms with Gasteiger partial charge >= 0.3 is 0 Å². The summed E-state index contributed by atoms with van der Waals surface area (Å²) < 4.78 is 5.87. The first-order valence-corrected chi connectivity index (χ1v) is 9.75. The summed E-state index contributed by atoms with van der Waals surface area (Å²) in [5, 5.41) is 2.99. The lowest BCUT2D eigenvalue weighted by Gasteiger charge is -2.12. The van der Waals surface area contributed by atoms with Crippen LogP contribution in [-0.2, 0) is 30.6 Å². The lowest BCUT2D eigenvalue weighted by molar-refractivity contribution is -0.120. The normalized spacial score (nSPS) is 16.5. The molecule has 0 radical (unpaired) electrons. The van der Waals surface area contributed by atoms with E-state index in [1.54, 1.807) is 6.20 Å². The maximum absolute atomic E-state index is 12.2. The van der Waals surface area contributed by atoms with Gasteiger partial charge in [-0.25, -0.2) is 4.98 Å². The van der Waals surface area contributed by atoms with Gasteiger partial charge in [0.15, 0.2) is 0 Å². The third-order valence-corrected chi connectivity index (χ3v) is 5.40. The molecule has 0 bridgehead atoms. The molecule has 1 fully saturated rings. The molecule has 4 nitrogen and oxygen atoms in total. The summed E-state index contributed by atoms with van der Waals surface area (Å²) in [4.78, 5) is 16.6. The summed E-state index contributed by atoms with van der Waals surface area (Å²) in [5.41, 5.74) is 4.95. The zero-order valence-electron chi connectivity index (χ0n) is 15.2. The van der Waals surface area contributed by atoms with Gasteiger partial charge in [-0.3, -0.25) is 4.79 Å². The fourth-order valence-electron chi connectivity index (χ4n) is 3.95. The summed E-state index contributed by atoms with van der Waals surface area (Å²) in [6, 6.07) is 10.3. The van der Waals surface area contributed by atoms with Gasteiger partial charge in [-0.05, 0) is 67.2 Å². The Morgan fingerprint density at radius 2 is 1.85 bits per heavy atom. The van der Waals surface area contributed by atoms with Gasteiger partial charge in [0.25, 0.3) is 0 Å². The van der Waals surface area contributed by atoms with Gasteiger partial charge in [0.05, 0.1) is 6.42 Å². The molecule has 136 valence electrons. The monoisotopic (exact) mass is 350 g/mol. The number of aryl methyl sites for hydroxylation is 2. The average Bonchev–Trinajstić information content (AvgIpc) is 3.32. The quantitative estimate of drug-likeness (QED) is 0.863. The van der Waals surface area contributed by atoms with E-state index in [9.17, 15) is 4.79 Å². The minimum Gasteiger partial charge on any atom is -0.474 e. The van der Waals surface area contributed by atoms with Crippen molar-refractivity contribution in [3.8, 4) is 5.88 Å². The van der Waals surface area contributed by atoms with Crippen LogP contribution in [-0.4, -0.2) is 17.0 Å². The molecule has 1 N–H and O–H groups in total. The fraction of sp³-hybridized carbons (Fsp3) is 0.455. The summed E-state index contributed by atoms with van der Waals surface area (Å²) in [6.07, 6.45) is 10.9. The molecule has 26 heavy (non-hydrogen) atoms. The lowest BCUT2D eigenvalue weighted by atomic mass is 10.0. The topological polar surface area (TPSA) is 51.2 Å². The van der Waals surface area contributed by atoms with E-state index in [1.807, 2.05) is 12.1 Å². The SMILES string of the molecule is O=C(Cc1ccc2c(c1)CCC2)NCc1ccc(OC2CCCC2)nc1. The van der Waals surface area contributed by atoms with E-state index >= 15 is 0 Å². The molecule has 4 rings (SSSR count). The second kappa shape index (κ2) is 7.90. The summed E-state index contributed by atoms with van der Waals surface area (Å²) >= 11 is 0. The second-order valence-corrected chi connectivity index (χ2v) is 7.44. The van der Waals surface area contributed by atoms with Crippen LogP contribution < -0.4 is 10.1 Å². The highest BCUT2D eigenvalue weighted by molar-refractivity contribution is 5.78. The first-order valence-electron chi connectivity index (χ1n) is 9.75. The van der Waals surface area contributed by atoms with Gasteiger partial charge in [0, 0.05) is 18.8 Å². The minimum atomic E-state index is 0.0502. The smallest absolute Gasteiger partial charge is 0.224 e. The first kappa shape index (κ1) is 17.1. The van der Waals surface area contributed by atoms with E-state index in [4.69, 9.17) is 4.74 Å². The van der Waals surface area contributed by atoms with Crippen molar-refractivity contribution in [3.05, 3.63) is 58.8 Å². The number of benzene rings is 1. The Bertz CT molecular complexity index is 764. The predicted octanol–water partition coefficient (Wildman–Crippen LogP) is 3.75. The highest BCUT2D eigenvalue weighted by atomic mass is 16.5. The molecule has 2 aromatic rings. The van der Waals surface area contributed by atoms with Gasteiger partial charge < -0.3 is 10.1 Å². The van der Waals surface area contributed by atoms with E-state index in [0.717, 1.165) is 30.4 Å². The number of fused-ring (bicyclic) bond motifs is 1. The van der Waals surface area contributed by atoms with Gasteiger partial charge in [-0.15, -0.1) is 0 Å². The molecule has 1 heterocycles. The van der Waals surface area contributed by atoms with Gasteiger partial charge in [0.1, 0.15) is 6.10 Å². The van der Waals surface area contributed by atoms with E-state index in [1.165, 1.54) is 36.8 Å². The minimum absolute atomic E-state index is 0.0502. The highest BCUT2D eigenvalue weighted by Gasteiger charge is 2.17. The third kappa shape index (κ3) is 4.24. The fourth-order valence-corrected chi connectivity index (χ4v) is 3.95. The Balaban J connectivity index is 1.26. The molecule has 1 aromatic carbocycles. The van der Waals surface area contributed by atoms with Gasteiger partial charge in [-0.1, -0.05) is 24.3 Å². The molecule has 2 aliphatic rings. The van der Waals surface area contributed by atoms with E-state index in [-0.39, 0.29) is 5.91 Å². The van der Waals surface area contributed by atoms with Crippen molar-refractivity contribution in [2.24, 2.45) is 0 Å². The molecule has 2 aliphatic carbocycles. The number of hydrogen-bond acceptors (Lipinski definition) is 3. The van der Waals surface area contributed by atoms with E-state index in [2.05, 4.69) is 28.5 Å². The standard InChI is InChI=1S/C22H26N2O2/c25-21(13-16-8-10-18-4-3-5-19(18)12-16)23-14-17-9-11-22(24-15-17)26-20-6-1-2-7-20/h8-12,15,20H,1-7,13-14H2,(H,23,25). The molecule has 0 aliphatic heterocycles. The van der Waals surface area contributed by atoms with Crippen LogP contribution in [0.4, 0.5) is 0 Å². The van der Waals surface area contributed by atoms with Crippen LogP contribution in [0.3, 0.4) is 0 Å². The largest absolute Gasteiger partial charge is 0.474 e. The maximum Gasteiger partial charge on any atom is 0.224 e. The van der Waals surface area contributed by atoms with Crippen molar-refractivity contribution in [1.82, 2.24) is 10.3 Å². The number of nitrogens with zero attached hydrogens (tertiary/aromatic N) is 1. The number of pyridine rings is 1. The number of ether oxygens (including phenoxy) is 1. The molecule has 1 aromatic heterocycles. The predicted molar refractivity (Wildman–Crippen MR) is 101 cm³/mol. The van der Waals surface area contributed by atoms with Crippen LogP contribution >= 0.6 is 0 Å². The molecule has 1 saturated carbocycles. The Kier molecular flexibility index (Phi) is 5.19. The van der Waals surface area contributed by atoms with Gasteiger partial charge in [0.2, 0.25) is 11.8 Å². The van der Waals surface area contributed by atoms with Crippen molar-refractivity contribution in [2.75, 3.05) is 0 Å². The third-order valence-electron chi connectivity index (χ3n) is 5.40. The Hall–Kier alpha value is -2.36. The van der Waals surface area contributed by atoms with Crippen LogP contribution in [0.5, 0.6) is 5.88 Å². The molecule has 4 heteroatoms. The van der Waals surface area contributed by atoms with Gasteiger partial charge in [-0.2, -0.15) is 0 Å². The number of rotatable bonds is 6. The van der Waals surface area contributed by atoms with Crippen LogP contribution in [0.15, 0.2) is 36.5 Å². The molecule has 0 saturated heterocycles. The molecular weight excluding hydrogens is 324 g/mol. The molecular formula is C22H26N2O2. The van der Waals surface area contributed by atoms with Crippen molar-refractivity contribution < 1.29 is 9.53 Å². The summed E-state index contributed by atoms with van der Waals surface area (Å²) in [6.45, 7) is 0.500. The summed E-state index contributed by atoms with van der Waals surface area (Å²) in [7, 11) is 0. The summed E-state index contributed by atoms with van der Waals surface area (Å²) in [5.74, 6) is 0.736. The highest BCUT2D eigenvalue weighted by Crippen LogP contribution is 2.24. The van der Waals surface area contributed by atoms with E-state index < -0.39 is 0 Å². The number of aromatic nitrogens is 1. The lowest BCUT2D eigenvalue weighted by Crippen LogP contribution is -2.24. The number of amides is 1. The van der Waals surface area contributed by atoms with Crippen LogP contribution in [0.1, 0.15) is 54.4 Å². The zero-order valence-corrected chi connectivity index (χ0v) is 15.2. The van der Waals surface area contributed by atoms with E-state index in [0.29, 0.717) is 24.9 Å². The number of nitrogens with one attached hydrogen (secondary N) is 1. The molecule has 1 amide bonds. The van der Waals surface area contributed by atoms with Crippen molar-refractivity contribution in [1.29, 1.82) is 0 Å². The average molecular weight is 350 g/mol. The molecule has 0 spiro atoms. The molecule has 0 atom stereocenters. The van der Waals surface area contributed by atoms with Crippen LogP contribution in [0.25, 0.3) is 0 Å². The van der Waals surface area contributed by atoms with Crippen LogP contribution in [0, 0.1) is 0 Å². The Morgan fingerprint density at radius 3 is 2.65 bits per heavy atom. The Morgan fingerprint density at radius 1 is 1.04 bits per heavy atom. The first-order chi connectivity index (χ1) is 12.8. The maximum atomic E-state index is 12.2. The van der Waals surface area contributed by atoms with Crippen LogP contribution in [0.2, 0.25) is 0 Å². The second-order valence-electron chi connectivity index (χ2n) is 7.44. The number of carbonyl (C=O) groups is 1. The van der Waals surface area contributed by atoms with Crippen molar-refractivity contribution in [2.45, 2.75) is 64.0 Å². The number of carbonyl (C=O) groups excluding carboxylic acids is 1. The molecule has 0 unspecified atom stereocenters. The Labute approximate surface area is 155 Å². The number of hydrogen-bond donors (Lipinski definition) is 1. The van der Waals surface area contributed by atoms with Crippen molar-refractivity contribution in [3.63, 3.8) is 0 Å².